The number of aromatic nitrogens is 1. The molecule has 3 N–H and O–H groups in total. The normalized spacial score (nSPS) is 30.3. The topological polar surface area (TPSA) is 182 Å². The van der Waals surface area contributed by atoms with Crippen molar-refractivity contribution in [3.63, 3.8) is 0 Å². The quantitative estimate of drug-likeness (QED) is 0.327. The van der Waals surface area contributed by atoms with Gasteiger partial charge in [0.2, 0.25) is 21.8 Å². The summed E-state index contributed by atoms with van der Waals surface area (Å²) in [7, 11) is -2.52. The zero-order valence-corrected chi connectivity index (χ0v) is 34.4. The Bertz CT molecular complexity index is 2120. The number of alkyl carbamates (subject to hydrolysis) is 1. The second-order valence-electron chi connectivity index (χ2n) is 18.0. The van der Waals surface area contributed by atoms with Gasteiger partial charge in [-0.2, -0.15) is 0 Å². The van der Waals surface area contributed by atoms with Crippen LogP contribution in [0.1, 0.15) is 109 Å². The molecule has 0 radical (unpaired) electrons. The summed E-state index contributed by atoms with van der Waals surface area (Å²) in [5, 5.41) is 6.13. The minimum atomic E-state index is -4.04. The number of alkyl halides is 1. The number of methoxy groups -OCH3 is 1. The maximum Gasteiger partial charge on any atom is 0.407 e. The van der Waals surface area contributed by atoms with Crippen molar-refractivity contribution in [2.75, 3.05) is 20.3 Å². The summed E-state index contributed by atoms with van der Waals surface area (Å²) in [5.74, 6) is -1.90. The van der Waals surface area contributed by atoms with Crippen LogP contribution in [-0.2, 0) is 29.1 Å². The monoisotopic (exact) mass is 811 g/mol. The number of carbonyl (C=O) groups is 4. The molecule has 1 saturated heterocycles. The zero-order valence-electron chi connectivity index (χ0n) is 33.5. The summed E-state index contributed by atoms with van der Waals surface area (Å²) in [6.07, 6.45) is 5.00. The van der Waals surface area contributed by atoms with E-state index in [4.69, 9.17) is 14.2 Å². The van der Waals surface area contributed by atoms with Crippen molar-refractivity contribution in [2.45, 2.75) is 133 Å². The number of aryl methyl sites for hydroxylation is 1. The predicted octanol–water partition coefficient (Wildman–Crippen LogP) is 5.22. The Balaban J connectivity index is 1.25. The van der Waals surface area contributed by atoms with Crippen LogP contribution < -0.4 is 24.8 Å². The van der Waals surface area contributed by atoms with Crippen molar-refractivity contribution < 1.29 is 46.2 Å². The van der Waals surface area contributed by atoms with E-state index in [1.54, 1.807) is 32.0 Å². The molecule has 2 aliphatic carbocycles. The van der Waals surface area contributed by atoms with E-state index in [1.165, 1.54) is 12.0 Å². The first-order chi connectivity index (χ1) is 26.8. The Morgan fingerprint density at radius 2 is 1.88 bits per heavy atom. The van der Waals surface area contributed by atoms with E-state index in [2.05, 4.69) is 20.3 Å². The van der Waals surface area contributed by atoms with Gasteiger partial charge in [0, 0.05) is 29.7 Å². The van der Waals surface area contributed by atoms with Crippen LogP contribution in [0.5, 0.6) is 11.5 Å². The van der Waals surface area contributed by atoms with Crippen LogP contribution in [-0.4, -0.2) is 90.3 Å². The van der Waals surface area contributed by atoms with Crippen molar-refractivity contribution in [1.29, 1.82) is 0 Å². The van der Waals surface area contributed by atoms with Crippen LogP contribution in [0.2, 0.25) is 0 Å². The number of rotatable bonds is 6. The number of pyridine rings is 1. The fourth-order valence-corrected chi connectivity index (χ4v) is 9.62. The number of halogens is 1. The first-order valence-corrected chi connectivity index (χ1v) is 21.4. The van der Waals surface area contributed by atoms with E-state index >= 15 is 4.39 Å². The number of sulfonamides is 1. The number of amides is 4. The first kappa shape index (κ1) is 40.7. The van der Waals surface area contributed by atoms with Crippen LogP contribution in [0.15, 0.2) is 30.4 Å². The lowest BCUT2D eigenvalue weighted by Gasteiger charge is -2.38. The molecule has 16 heteroatoms. The van der Waals surface area contributed by atoms with Gasteiger partial charge in [-0.15, -0.1) is 0 Å². The van der Waals surface area contributed by atoms with Crippen LogP contribution in [0.3, 0.4) is 0 Å². The molecule has 2 aromatic rings. The van der Waals surface area contributed by atoms with Gasteiger partial charge >= 0.3 is 6.09 Å². The summed E-state index contributed by atoms with van der Waals surface area (Å²) in [6, 6.07) is 2.83. The lowest BCUT2D eigenvalue weighted by Crippen LogP contribution is -2.58. The van der Waals surface area contributed by atoms with Gasteiger partial charge in [0.15, 0.2) is 0 Å². The average Bonchev–Trinajstić information content (AvgIpc) is 4.03. The third-order valence-corrected chi connectivity index (χ3v) is 14.2. The molecule has 57 heavy (non-hydrogen) atoms. The molecule has 1 aromatic heterocycles. The van der Waals surface area contributed by atoms with E-state index in [-0.39, 0.29) is 50.0 Å². The number of ether oxygens (including phenoxy) is 3. The second kappa shape index (κ2) is 14.7. The highest BCUT2D eigenvalue weighted by molar-refractivity contribution is 7.91. The summed E-state index contributed by atoms with van der Waals surface area (Å²) in [4.78, 5) is 62.5. The molecule has 14 nitrogen and oxygen atoms in total. The average molecular weight is 812 g/mol. The molecule has 4 amide bonds. The van der Waals surface area contributed by atoms with E-state index in [0.29, 0.717) is 53.6 Å². The van der Waals surface area contributed by atoms with Gasteiger partial charge < -0.3 is 29.7 Å². The fraction of sp³-hybridized carbons (Fsp3) is 0.634. The molecule has 7 rings (SSSR count). The Morgan fingerprint density at radius 1 is 1.12 bits per heavy atom. The Labute approximate surface area is 333 Å². The number of allylic oxidation sites excluding steroid dienone is 1. The molecular formula is C41H54FN5O9S. The van der Waals surface area contributed by atoms with Crippen molar-refractivity contribution in [3.8, 4) is 11.5 Å². The molecule has 0 bridgehead atoms. The van der Waals surface area contributed by atoms with Crippen LogP contribution in [0.4, 0.5) is 9.18 Å². The van der Waals surface area contributed by atoms with Gasteiger partial charge in [0.05, 0.1) is 36.2 Å². The van der Waals surface area contributed by atoms with Crippen LogP contribution >= 0.6 is 0 Å². The highest BCUT2D eigenvalue weighted by Crippen LogP contribution is 2.52. The molecule has 1 spiro atoms. The lowest BCUT2D eigenvalue weighted by atomic mass is 9.86. The van der Waals surface area contributed by atoms with E-state index in [1.807, 2.05) is 32.9 Å². The molecule has 3 aliphatic heterocycles. The molecule has 310 valence electrons. The Kier molecular flexibility index (Phi) is 10.5. The number of nitrogens with zero attached hydrogens (tertiary/aromatic N) is 2. The minimum absolute atomic E-state index is 0.100. The smallest absolute Gasteiger partial charge is 0.407 e. The standard InChI is InChI=1S/C41H54FN5O9S/c1-24-33-32(27-18-26(54-6)14-15-29(27)43-24)28(42)20-40(56-33)21-31-34(48)45-41(36(50)46-57(52,53)39(5)16-17-39)19-25(41)12-10-8-7-9-11-13-30(35(49)47(31)22-40)44-37(51)55-23-38(2,3)4/h10,12,14-15,18,25,28,30-31H,7-9,11,13,16-17,19-23H2,1-6H3,(H,44,51)(H,45,48)(H,46,50)/b12-10-/t25-,28-,30+,31+,40-,41?/m1/s1. The largest absolute Gasteiger partial charge is 0.497 e. The van der Waals surface area contributed by atoms with E-state index in [0.717, 1.165) is 12.8 Å². The molecule has 1 aromatic carbocycles. The number of hydrogen-bond acceptors (Lipinski definition) is 10. The molecule has 5 aliphatic rings. The molecule has 3 fully saturated rings. The summed E-state index contributed by atoms with van der Waals surface area (Å²) < 4.78 is 62.0. The van der Waals surface area contributed by atoms with Crippen molar-refractivity contribution in [3.05, 3.63) is 41.6 Å². The highest BCUT2D eigenvalue weighted by atomic mass is 32.2. The third kappa shape index (κ3) is 8.02. The maximum atomic E-state index is 16.8. The Morgan fingerprint density at radius 3 is 2.58 bits per heavy atom. The van der Waals surface area contributed by atoms with Gasteiger partial charge in [-0.25, -0.2) is 22.6 Å². The van der Waals surface area contributed by atoms with Gasteiger partial charge in [-0.05, 0) is 76.0 Å². The number of nitrogens with one attached hydrogen (secondary N) is 3. The van der Waals surface area contributed by atoms with Crippen LogP contribution in [0.25, 0.3) is 10.9 Å². The number of fused-ring (bicyclic) bond motifs is 5. The Hall–Kier alpha value is -4.47. The number of benzene rings is 1. The SMILES string of the molecule is COc1ccc2nc(C)c3c(c2c1)[C@H](F)C[C@]1(C[C@H]2C(=O)NC4(C(=O)NS(=O)(=O)C5(C)CC5)C[C@H]4/C=C\CCCCC[C@H](NC(=O)OCC(C)(C)C)C(=O)N2C1)O3. The van der Waals surface area contributed by atoms with Crippen molar-refractivity contribution >= 4 is 44.7 Å². The molecular weight excluding hydrogens is 758 g/mol. The highest BCUT2D eigenvalue weighted by Gasteiger charge is 2.64. The summed E-state index contributed by atoms with van der Waals surface area (Å²) in [5.41, 5.74) is -2.03. The predicted molar refractivity (Wildman–Crippen MR) is 209 cm³/mol. The fourth-order valence-electron chi connectivity index (χ4n) is 8.30. The van der Waals surface area contributed by atoms with Gasteiger partial charge in [0.25, 0.3) is 5.91 Å². The van der Waals surface area contributed by atoms with E-state index < -0.39 is 73.9 Å². The van der Waals surface area contributed by atoms with Crippen molar-refractivity contribution in [2.24, 2.45) is 11.3 Å². The molecule has 2 saturated carbocycles. The van der Waals surface area contributed by atoms with E-state index in [9.17, 15) is 27.6 Å². The maximum absolute atomic E-state index is 16.8. The minimum Gasteiger partial charge on any atom is -0.497 e. The van der Waals surface area contributed by atoms with Gasteiger partial charge in [0.1, 0.15) is 40.9 Å². The van der Waals surface area contributed by atoms with Crippen LogP contribution in [0, 0.1) is 18.3 Å². The molecule has 6 atom stereocenters. The molecule has 1 unspecified atom stereocenters. The third-order valence-electron chi connectivity index (χ3n) is 12.1. The van der Waals surface area contributed by atoms with Gasteiger partial charge in [-0.3, -0.25) is 19.1 Å². The number of hydrogen-bond donors (Lipinski definition) is 3. The second-order valence-corrected chi connectivity index (χ2v) is 20.2. The van der Waals surface area contributed by atoms with Crippen molar-refractivity contribution in [1.82, 2.24) is 25.2 Å². The first-order valence-electron chi connectivity index (χ1n) is 19.9. The summed E-state index contributed by atoms with van der Waals surface area (Å²) in [6.45, 7) is 8.91. The lowest BCUT2D eigenvalue weighted by molar-refractivity contribution is -0.141. The zero-order chi connectivity index (χ0) is 41.1. The van der Waals surface area contributed by atoms with Gasteiger partial charge in [-0.1, -0.05) is 45.8 Å². The summed E-state index contributed by atoms with van der Waals surface area (Å²) >= 11 is 0. The number of carbonyl (C=O) groups excluding carboxylic acids is 4. The molecule has 4 heterocycles.